The van der Waals surface area contributed by atoms with Gasteiger partial charge in [-0.25, -0.2) is 9.18 Å². The first-order valence-corrected chi connectivity index (χ1v) is 7.72. The molecule has 1 aromatic carbocycles. The summed E-state index contributed by atoms with van der Waals surface area (Å²) >= 11 is 0. The van der Waals surface area contributed by atoms with E-state index < -0.39 is 23.7 Å². The Labute approximate surface area is 140 Å². The molecule has 0 spiro atoms. The van der Waals surface area contributed by atoms with Crippen LogP contribution in [0.15, 0.2) is 24.3 Å². The highest BCUT2D eigenvalue weighted by atomic mass is 19.1. The fourth-order valence-corrected chi connectivity index (χ4v) is 2.86. The first kappa shape index (κ1) is 17.7. The zero-order chi connectivity index (χ0) is 18.0. The van der Waals surface area contributed by atoms with Gasteiger partial charge < -0.3 is 15.0 Å². The lowest BCUT2D eigenvalue weighted by molar-refractivity contribution is -0.139. The SMILES string of the molecule is CCn1c(C)cc(C(=O)NC(C(=O)O)c2ccc(F)c(C)c2)c1C. The van der Waals surface area contributed by atoms with Gasteiger partial charge in [-0.15, -0.1) is 0 Å². The summed E-state index contributed by atoms with van der Waals surface area (Å²) in [5.41, 5.74) is 2.83. The standard InChI is InChI=1S/C18H21FN2O3/c1-5-21-11(3)9-14(12(21)4)17(22)20-16(18(23)24)13-6-7-15(19)10(2)8-13/h6-9,16H,5H2,1-4H3,(H,20,22)(H,23,24). The van der Waals surface area contributed by atoms with Crippen molar-refractivity contribution in [3.63, 3.8) is 0 Å². The van der Waals surface area contributed by atoms with Gasteiger partial charge in [0, 0.05) is 17.9 Å². The summed E-state index contributed by atoms with van der Waals surface area (Å²) in [5.74, 6) is -2.07. The first-order valence-electron chi connectivity index (χ1n) is 7.72. The first-order chi connectivity index (χ1) is 11.3. The number of carboxylic acids is 1. The van der Waals surface area contributed by atoms with E-state index in [9.17, 15) is 19.1 Å². The quantitative estimate of drug-likeness (QED) is 0.884. The van der Waals surface area contributed by atoms with Gasteiger partial charge in [-0.1, -0.05) is 12.1 Å². The molecule has 128 valence electrons. The van der Waals surface area contributed by atoms with E-state index >= 15 is 0 Å². The number of hydrogen-bond acceptors (Lipinski definition) is 2. The number of aryl methyl sites for hydroxylation is 2. The molecule has 2 N–H and O–H groups in total. The van der Waals surface area contributed by atoms with E-state index in [1.165, 1.54) is 18.2 Å². The van der Waals surface area contributed by atoms with Gasteiger partial charge in [-0.2, -0.15) is 0 Å². The molecule has 5 nitrogen and oxygen atoms in total. The number of nitrogens with zero attached hydrogens (tertiary/aromatic N) is 1. The number of amides is 1. The summed E-state index contributed by atoms with van der Waals surface area (Å²) in [7, 11) is 0. The van der Waals surface area contributed by atoms with E-state index in [-0.39, 0.29) is 0 Å². The molecule has 6 heteroatoms. The molecule has 1 atom stereocenters. The molecule has 1 unspecified atom stereocenters. The van der Waals surface area contributed by atoms with E-state index in [2.05, 4.69) is 5.32 Å². The highest BCUT2D eigenvalue weighted by Gasteiger charge is 2.25. The van der Waals surface area contributed by atoms with E-state index in [0.717, 1.165) is 17.9 Å². The Bertz CT molecular complexity index is 796. The Kier molecular flexibility index (Phi) is 5.07. The summed E-state index contributed by atoms with van der Waals surface area (Å²) in [4.78, 5) is 24.1. The minimum Gasteiger partial charge on any atom is -0.479 e. The fraction of sp³-hybridized carbons (Fsp3) is 0.333. The number of hydrogen-bond donors (Lipinski definition) is 2. The predicted octanol–water partition coefficient (Wildman–Crippen LogP) is 3.13. The van der Waals surface area contributed by atoms with Crippen LogP contribution in [0.1, 0.15) is 45.8 Å². The van der Waals surface area contributed by atoms with Crippen molar-refractivity contribution in [2.45, 2.75) is 40.3 Å². The van der Waals surface area contributed by atoms with Gasteiger partial charge in [0.05, 0.1) is 5.56 Å². The Morgan fingerprint density at radius 1 is 1.25 bits per heavy atom. The van der Waals surface area contributed by atoms with Gasteiger partial charge in [-0.3, -0.25) is 4.79 Å². The molecule has 0 saturated carbocycles. The van der Waals surface area contributed by atoms with E-state index in [1.54, 1.807) is 13.0 Å². The highest BCUT2D eigenvalue weighted by molar-refractivity contribution is 5.98. The van der Waals surface area contributed by atoms with Crippen molar-refractivity contribution in [2.75, 3.05) is 0 Å². The monoisotopic (exact) mass is 332 g/mol. The second-order valence-electron chi connectivity index (χ2n) is 5.78. The molecule has 24 heavy (non-hydrogen) atoms. The Morgan fingerprint density at radius 2 is 1.92 bits per heavy atom. The number of aliphatic carboxylic acids is 1. The molecule has 0 bridgehead atoms. The van der Waals surface area contributed by atoms with Crippen molar-refractivity contribution < 1.29 is 19.1 Å². The summed E-state index contributed by atoms with van der Waals surface area (Å²) in [6.45, 7) is 7.97. The number of carbonyl (C=O) groups excluding carboxylic acids is 1. The molecule has 0 aliphatic heterocycles. The minimum absolute atomic E-state index is 0.331. The minimum atomic E-state index is -1.23. The number of rotatable bonds is 5. The van der Waals surface area contributed by atoms with Gasteiger partial charge in [0.2, 0.25) is 0 Å². The second-order valence-corrected chi connectivity index (χ2v) is 5.78. The third-order valence-corrected chi connectivity index (χ3v) is 4.17. The van der Waals surface area contributed by atoms with Crippen LogP contribution in [0, 0.1) is 26.6 Å². The molecule has 0 radical (unpaired) electrons. The molecule has 1 amide bonds. The lowest BCUT2D eigenvalue weighted by atomic mass is 10.0. The van der Waals surface area contributed by atoms with E-state index in [4.69, 9.17) is 0 Å². The molecule has 0 aliphatic rings. The van der Waals surface area contributed by atoms with Gasteiger partial charge in [-0.05, 0) is 51.0 Å². The van der Waals surface area contributed by atoms with Crippen LogP contribution in [0.25, 0.3) is 0 Å². The molecular weight excluding hydrogens is 311 g/mol. The fourth-order valence-electron chi connectivity index (χ4n) is 2.86. The zero-order valence-electron chi connectivity index (χ0n) is 14.2. The zero-order valence-corrected chi connectivity index (χ0v) is 14.2. The van der Waals surface area contributed by atoms with Gasteiger partial charge in [0.25, 0.3) is 5.91 Å². The van der Waals surface area contributed by atoms with E-state index in [1.807, 2.05) is 25.3 Å². The van der Waals surface area contributed by atoms with Crippen LogP contribution >= 0.6 is 0 Å². The maximum atomic E-state index is 13.4. The second kappa shape index (κ2) is 6.86. The van der Waals surface area contributed by atoms with Crippen molar-refractivity contribution in [3.8, 4) is 0 Å². The van der Waals surface area contributed by atoms with Crippen LogP contribution in [-0.4, -0.2) is 21.6 Å². The number of halogens is 1. The molecule has 1 heterocycles. The van der Waals surface area contributed by atoms with Crippen LogP contribution < -0.4 is 5.32 Å². The van der Waals surface area contributed by atoms with Gasteiger partial charge in [0.15, 0.2) is 6.04 Å². The highest BCUT2D eigenvalue weighted by Crippen LogP contribution is 2.20. The lowest BCUT2D eigenvalue weighted by Gasteiger charge is -2.16. The molecule has 0 saturated heterocycles. The summed E-state index contributed by atoms with van der Waals surface area (Å²) in [6.07, 6.45) is 0. The molecule has 2 aromatic rings. The third kappa shape index (κ3) is 3.32. The topological polar surface area (TPSA) is 71.3 Å². The number of carboxylic acid groups (broad SMARTS) is 1. The predicted molar refractivity (Wildman–Crippen MR) is 88.6 cm³/mol. The number of benzene rings is 1. The smallest absolute Gasteiger partial charge is 0.330 e. The van der Waals surface area contributed by atoms with Crippen molar-refractivity contribution in [3.05, 3.63) is 58.2 Å². The third-order valence-electron chi connectivity index (χ3n) is 4.17. The lowest BCUT2D eigenvalue weighted by Crippen LogP contribution is -2.34. The average molecular weight is 332 g/mol. The van der Waals surface area contributed by atoms with Crippen LogP contribution in [0.4, 0.5) is 4.39 Å². The Morgan fingerprint density at radius 3 is 2.42 bits per heavy atom. The summed E-state index contributed by atoms with van der Waals surface area (Å²) < 4.78 is 15.4. The molecule has 2 rings (SSSR count). The molecule has 0 aliphatic carbocycles. The largest absolute Gasteiger partial charge is 0.479 e. The average Bonchev–Trinajstić information content (AvgIpc) is 2.81. The number of carbonyl (C=O) groups is 2. The van der Waals surface area contributed by atoms with Crippen LogP contribution in [0.2, 0.25) is 0 Å². The van der Waals surface area contributed by atoms with Gasteiger partial charge >= 0.3 is 5.97 Å². The van der Waals surface area contributed by atoms with Crippen LogP contribution in [0.3, 0.4) is 0 Å². The number of nitrogens with one attached hydrogen (secondary N) is 1. The van der Waals surface area contributed by atoms with Crippen molar-refractivity contribution in [2.24, 2.45) is 0 Å². The maximum absolute atomic E-state index is 13.4. The molecule has 1 aromatic heterocycles. The maximum Gasteiger partial charge on any atom is 0.330 e. The normalized spacial score (nSPS) is 12.0. The van der Waals surface area contributed by atoms with Crippen molar-refractivity contribution >= 4 is 11.9 Å². The molecule has 0 fully saturated rings. The van der Waals surface area contributed by atoms with Crippen LogP contribution in [0.5, 0.6) is 0 Å². The van der Waals surface area contributed by atoms with Gasteiger partial charge in [0.1, 0.15) is 5.82 Å². The van der Waals surface area contributed by atoms with Crippen LogP contribution in [-0.2, 0) is 11.3 Å². The summed E-state index contributed by atoms with van der Waals surface area (Å²) in [6, 6.07) is 4.51. The Balaban J connectivity index is 2.33. The van der Waals surface area contributed by atoms with E-state index in [0.29, 0.717) is 16.7 Å². The molecular formula is C18H21FN2O3. The number of aromatic nitrogens is 1. The van der Waals surface area contributed by atoms with Crippen molar-refractivity contribution in [1.29, 1.82) is 0 Å². The summed E-state index contributed by atoms with van der Waals surface area (Å²) in [5, 5.41) is 12.0. The Hall–Kier alpha value is -2.63. The van der Waals surface area contributed by atoms with Crippen molar-refractivity contribution in [1.82, 2.24) is 9.88 Å².